The normalized spacial score (nSPS) is 12.3. The van der Waals surface area contributed by atoms with Gasteiger partial charge >= 0.3 is 5.97 Å². The topological polar surface area (TPSA) is 26.3 Å². The number of methoxy groups -OCH3 is 1. The highest BCUT2D eigenvalue weighted by molar-refractivity contribution is 9.10. The molecule has 1 aromatic rings. The Labute approximate surface area is 100 Å². The van der Waals surface area contributed by atoms with E-state index in [9.17, 15) is 4.79 Å². The van der Waals surface area contributed by atoms with Crippen molar-refractivity contribution in [2.45, 2.75) is 5.38 Å². The number of carbonyl (C=O) groups excluding carboxylic acids is 1. The lowest BCUT2D eigenvalue weighted by molar-refractivity contribution is -0.140. The molecule has 5 heteroatoms. The molecule has 0 aliphatic rings. The van der Waals surface area contributed by atoms with E-state index in [4.69, 9.17) is 23.2 Å². The fourth-order valence-electron chi connectivity index (χ4n) is 0.937. The van der Waals surface area contributed by atoms with Crippen molar-refractivity contribution in [1.29, 1.82) is 0 Å². The number of ether oxygens (including phenoxy) is 1. The molecule has 0 heterocycles. The van der Waals surface area contributed by atoms with Gasteiger partial charge in [0.1, 0.15) is 0 Å². The van der Waals surface area contributed by atoms with E-state index in [1.54, 1.807) is 18.2 Å². The minimum atomic E-state index is -0.813. The Balaban J connectivity index is 3.01. The highest BCUT2D eigenvalue weighted by atomic mass is 79.9. The predicted molar refractivity (Wildman–Crippen MR) is 59.8 cm³/mol. The molecule has 0 aromatic heterocycles. The standard InChI is InChI=1S/C9H7BrCl2O2/c1-14-9(13)8(12)6-3-2-5(11)4-7(6)10/h2-4,8H,1H3. The molecule has 76 valence electrons. The zero-order valence-corrected chi connectivity index (χ0v) is 10.4. The van der Waals surface area contributed by atoms with Crippen LogP contribution < -0.4 is 0 Å². The van der Waals surface area contributed by atoms with E-state index in [0.29, 0.717) is 15.1 Å². The Morgan fingerprint density at radius 1 is 1.57 bits per heavy atom. The molecule has 0 fully saturated rings. The summed E-state index contributed by atoms with van der Waals surface area (Å²) < 4.78 is 5.22. The molecule has 1 aromatic carbocycles. The number of halogens is 3. The monoisotopic (exact) mass is 296 g/mol. The van der Waals surface area contributed by atoms with Gasteiger partial charge in [0.25, 0.3) is 0 Å². The van der Waals surface area contributed by atoms with Gasteiger partial charge in [-0.05, 0) is 17.7 Å². The molecule has 2 nitrogen and oxygen atoms in total. The molecule has 1 rings (SSSR count). The third-order valence-corrected chi connectivity index (χ3v) is 2.98. The van der Waals surface area contributed by atoms with Gasteiger partial charge in [-0.1, -0.05) is 33.6 Å². The summed E-state index contributed by atoms with van der Waals surface area (Å²) in [6, 6.07) is 5.02. The molecule has 0 aliphatic carbocycles. The Hall–Kier alpha value is -0.250. The first kappa shape index (κ1) is 11.8. The highest BCUT2D eigenvalue weighted by Gasteiger charge is 2.20. The second-order valence-corrected chi connectivity index (χ2v) is 4.28. The van der Waals surface area contributed by atoms with Crippen LogP contribution in [0.1, 0.15) is 10.9 Å². The van der Waals surface area contributed by atoms with Crippen molar-refractivity contribution < 1.29 is 9.53 Å². The third-order valence-electron chi connectivity index (χ3n) is 1.64. The van der Waals surface area contributed by atoms with Crippen molar-refractivity contribution in [2.24, 2.45) is 0 Å². The average Bonchev–Trinajstić information content (AvgIpc) is 2.15. The van der Waals surface area contributed by atoms with Crippen LogP contribution in [0, 0.1) is 0 Å². The first-order valence-corrected chi connectivity index (χ1v) is 5.34. The fourth-order valence-corrected chi connectivity index (χ4v) is 2.26. The molecule has 0 spiro atoms. The Bertz CT molecular complexity index is 355. The van der Waals surface area contributed by atoms with Gasteiger partial charge in [-0.3, -0.25) is 4.79 Å². The number of alkyl halides is 1. The lowest BCUT2D eigenvalue weighted by Crippen LogP contribution is -2.09. The smallest absolute Gasteiger partial charge is 0.328 e. The molecule has 0 amide bonds. The van der Waals surface area contributed by atoms with Crippen molar-refractivity contribution in [3.05, 3.63) is 33.3 Å². The van der Waals surface area contributed by atoms with Crippen molar-refractivity contribution >= 4 is 45.1 Å². The summed E-state index contributed by atoms with van der Waals surface area (Å²) >= 11 is 14.9. The van der Waals surface area contributed by atoms with Gasteiger partial charge in [-0.2, -0.15) is 0 Å². The van der Waals surface area contributed by atoms with Crippen LogP contribution in [0.3, 0.4) is 0 Å². The number of hydrogen-bond donors (Lipinski definition) is 0. The van der Waals surface area contributed by atoms with E-state index in [1.165, 1.54) is 7.11 Å². The predicted octanol–water partition coefficient (Wildman–Crippen LogP) is 3.56. The molecule has 1 atom stereocenters. The molecule has 0 bridgehead atoms. The highest BCUT2D eigenvalue weighted by Crippen LogP contribution is 2.30. The summed E-state index contributed by atoms with van der Waals surface area (Å²) in [4.78, 5) is 11.1. The molecule has 0 aliphatic heterocycles. The van der Waals surface area contributed by atoms with Gasteiger partial charge in [0.05, 0.1) is 7.11 Å². The maximum atomic E-state index is 11.1. The van der Waals surface area contributed by atoms with Crippen LogP contribution in [0.4, 0.5) is 0 Å². The summed E-state index contributed by atoms with van der Waals surface area (Å²) in [7, 11) is 1.29. The molecule has 1 unspecified atom stereocenters. The Kier molecular flexibility index (Phi) is 4.23. The lowest BCUT2D eigenvalue weighted by Gasteiger charge is -2.09. The summed E-state index contributed by atoms with van der Waals surface area (Å²) in [5.74, 6) is -0.491. The summed E-state index contributed by atoms with van der Waals surface area (Å²) in [5, 5.41) is -0.235. The van der Waals surface area contributed by atoms with Crippen molar-refractivity contribution in [3.8, 4) is 0 Å². The second-order valence-electron chi connectivity index (χ2n) is 2.55. The third kappa shape index (κ3) is 2.62. The van der Waals surface area contributed by atoms with Gasteiger partial charge in [-0.25, -0.2) is 0 Å². The lowest BCUT2D eigenvalue weighted by atomic mass is 10.1. The SMILES string of the molecule is COC(=O)C(Cl)c1ccc(Cl)cc1Br. The quantitative estimate of drug-likeness (QED) is 0.616. The number of esters is 1. The Morgan fingerprint density at radius 2 is 2.21 bits per heavy atom. The van der Waals surface area contributed by atoms with Crippen LogP contribution in [0.25, 0.3) is 0 Å². The van der Waals surface area contributed by atoms with E-state index in [-0.39, 0.29) is 0 Å². The van der Waals surface area contributed by atoms with Crippen molar-refractivity contribution in [3.63, 3.8) is 0 Å². The number of carbonyl (C=O) groups is 1. The largest absolute Gasteiger partial charge is 0.468 e. The van der Waals surface area contributed by atoms with Crippen LogP contribution in [0.2, 0.25) is 5.02 Å². The zero-order chi connectivity index (χ0) is 10.7. The second kappa shape index (κ2) is 5.01. The Morgan fingerprint density at radius 3 is 2.71 bits per heavy atom. The van der Waals surface area contributed by atoms with Crippen LogP contribution in [0.15, 0.2) is 22.7 Å². The molecular weight excluding hydrogens is 291 g/mol. The molecule has 0 radical (unpaired) electrons. The van der Waals surface area contributed by atoms with Crippen LogP contribution in [-0.2, 0) is 9.53 Å². The minimum absolute atomic E-state index is 0.491. The fraction of sp³-hybridized carbons (Fsp3) is 0.222. The van der Waals surface area contributed by atoms with Gasteiger partial charge in [0.2, 0.25) is 0 Å². The molecule has 0 N–H and O–H groups in total. The zero-order valence-electron chi connectivity index (χ0n) is 7.26. The summed E-state index contributed by atoms with van der Waals surface area (Å²) in [5.41, 5.74) is 0.642. The number of rotatable bonds is 2. The van der Waals surface area contributed by atoms with E-state index >= 15 is 0 Å². The van der Waals surface area contributed by atoms with Crippen molar-refractivity contribution in [1.82, 2.24) is 0 Å². The average molecular weight is 298 g/mol. The number of hydrogen-bond acceptors (Lipinski definition) is 2. The first-order valence-electron chi connectivity index (χ1n) is 3.73. The van der Waals surface area contributed by atoms with E-state index in [0.717, 1.165) is 0 Å². The summed E-state index contributed by atoms with van der Waals surface area (Å²) in [6.45, 7) is 0. The van der Waals surface area contributed by atoms with E-state index in [2.05, 4.69) is 20.7 Å². The van der Waals surface area contributed by atoms with Crippen molar-refractivity contribution in [2.75, 3.05) is 7.11 Å². The van der Waals surface area contributed by atoms with E-state index in [1.807, 2.05) is 0 Å². The maximum absolute atomic E-state index is 11.1. The van der Waals surface area contributed by atoms with E-state index < -0.39 is 11.3 Å². The van der Waals surface area contributed by atoms with Gasteiger partial charge in [0, 0.05) is 9.50 Å². The van der Waals surface area contributed by atoms with Gasteiger partial charge in [0.15, 0.2) is 5.38 Å². The minimum Gasteiger partial charge on any atom is -0.468 e. The van der Waals surface area contributed by atoms with Gasteiger partial charge < -0.3 is 4.74 Å². The summed E-state index contributed by atoms with van der Waals surface area (Å²) in [6.07, 6.45) is 0. The molecule has 0 saturated carbocycles. The maximum Gasteiger partial charge on any atom is 0.328 e. The number of benzene rings is 1. The molecule has 0 saturated heterocycles. The van der Waals surface area contributed by atoms with Crippen LogP contribution in [0.5, 0.6) is 0 Å². The van der Waals surface area contributed by atoms with Crippen LogP contribution in [-0.4, -0.2) is 13.1 Å². The molecular formula is C9H7BrCl2O2. The molecule has 14 heavy (non-hydrogen) atoms. The van der Waals surface area contributed by atoms with Crippen LogP contribution >= 0.6 is 39.1 Å². The first-order chi connectivity index (χ1) is 6.56. The van der Waals surface area contributed by atoms with Gasteiger partial charge in [-0.15, -0.1) is 11.6 Å².